The Labute approximate surface area is 113 Å². The lowest BCUT2D eigenvalue weighted by molar-refractivity contribution is -0.0969. The van der Waals surface area contributed by atoms with E-state index in [-0.39, 0.29) is 11.6 Å². The molecule has 0 aromatic carbocycles. The molecule has 0 saturated heterocycles. The SMILES string of the molecule is CCOC1(C(N)C2CCC(C)CC2)CCCCC1. The molecule has 1 atom stereocenters. The van der Waals surface area contributed by atoms with Crippen LogP contribution in [0.3, 0.4) is 0 Å². The van der Waals surface area contributed by atoms with Gasteiger partial charge in [0.25, 0.3) is 0 Å². The molecule has 0 aliphatic heterocycles. The first-order chi connectivity index (χ1) is 8.68. The maximum absolute atomic E-state index is 6.66. The van der Waals surface area contributed by atoms with Crippen LogP contribution in [-0.2, 0) is 4.74 Å². The second kappa shape index (κ2) is 6.38. The van der Waals surface area contributed by atoms with E-state index >= 15 is 0 Å². The van der Waals surface area contributed by atoms with Crippen LogP contribution >= 0.6 is 0 Å². The van der Waals surface area contributed by atoms with Gasteiger partial charge in [-0.1, -0.05) is 39.0 Å². The predicted molar refractivity (Wildman–Crippen MR) is 76.5 cm³/mol. The van der Waals surface area contributed by atoms with E-state index in [1.165, 1.54) is 57.8 Å². The third-order valence-corrected chi connectivity index (χ3v) is 5.31. The molecule has 2 aliphatic rings. The quantitative estimate of drug-likeness (QED) is 0.825. The second-order valence-corrected chi connectivity index (χ2v) is 6.60. The summed E-state index contributed by atoms with van der Waals surface area (Å²) in [4.78, 5) is 0. The number of rotatable bonds is 4. The van der Waals surface area contributed by atoms with Crippen molar-refractivity contribution in [2.75, 3.05) is 6.61 Å². The predicted octanol–water partition coefficient (Wildman–Crippen LogP) is 3.88. The fourth-order valence-corrected chi connectivity index (χ4v) is 4.09. The first kappa shape index (κ1) is 14.3. The topological polar surface area (TPSA) is 35.2 Å². The Bertz CT molecular complexity index is 234. The molecule has 2 aliphatic carbocycles. The number of hydrogen-bond donors (Lipinski definition) is 1. The highest BCUT2D eigenvalue weighted by Crippen LogP contribution is 2.40. The Kier molecular flexibility index (Phi) is 5.08. The van der Waals surface area contributed by atoms with Crippen molar-refractivity contribution in [2.24, 2.45) is 17.6 Å². The third-order valence-electron chi connectivity index (χ3n) is 5.31. The van der Waals surface area contributed by atoms with Crippen LogP contribution in [0.4, 0.5) is 0 Å². The van der Waals surface area contributed by atoms with Crippen LogP contribution in [0.2, 0.25) is 0 Å². The lowest BCUT2D eigenvalue weighted by Crippen LogP contribution is -2.55. The lowest BCUT2D eigenvalue weighted by atomic mass is 9.69. The molecular weight excluding hydrogens is 222 g/mol. The summed E-state index contributed by atoms with van der Waals surface area (Å²) in [6, 6.07) is 0.269. The minimum absolute atomic E-state index is 0.0121. The van der Waals surface area contributed by atoms with Gasteiger partial charge in [-0.2, -0.15) is 0 Å². The van der Waals surface area contributed by atoms with Crippen molar-refractivity contribution in [2.45, 2.75) is 83.3 Å². The fraction of sp³-hybridized carbons (Fsp3) is 1.00. The summed E-state index contributed by atoms with van der Waals surface area (Å²) in [6.07, 6.45) is 11.7. The van der Waals surface area contributed by atoms with E-state index in [0.717, 1.165) is 12.5 Å². The van der Waals surface area contributed by atoms with Crippen molar-refractivity contribution < 1.29 is 4.74 Å². The van der Waals surface area contributed by atoms with Gasteiger partial charge in [0.1, 0.15) is 0 Å². The van der Waals surface area contributed by atoms with Crippen LogP contribution in [0.5, 0.6) is 0 Å². The summed E-state index contributed by atoms with van der Waals surface area (Å²) < 4.78 is 6.19. The van der Waals surface area contributed by atoms with Crippen LogP contribution in [0.1, 0.15) is 71.6 Å². The van der Waals surface area contributed by atoms with Crippen molar-refractivity contribution in [3.63, 3.8) is 0 Å². The van der Waals surface area contributed by atoms with Crippen molar-refractivity contribution in [3.05, 3.63) is 0 Å². The highest BCUT2D eigenvalue weighted by atomic mass is 16.5. The van der Waals surface area contributed by atoms with Crippen LogP contribution in [0.25, 0.3) is 0 Å². The third kappa shape index (κ3) is 3.08. The van der Waals surface area contributed by atoms with E-state index in [9.17, 15) is 0 Å². The molecule has 2 heteroatoms. The molecular formula is C16H31NO. The van der Waals surface area contributed by atoms with Crippen LogP contribution in [0, 0.1) is 11.8 Å². The zero-order chi connectivity index (χ0) is 13.0. The van der Waals surface area contributed by atoms with E-state index in [1.54, 1.807) is 0 Å². The van der Waals surface area contributed by atoms with Crippen molar-refractivity contribution in [3.8, 4) is 0 Å². The van der Waals surface area contributed by atoms with Crippen molar-refractivity contribution in [1.29, 1.82) is 0 Å². The largest absolute Gasteiger partial charge is 0.374 e. The van der Waals surface area contributed by atoms with Gasteiger partial charge in [0, 0.05) is 12.6 Å². The Balaban J connectivity index is 2.00. The average molecular weight is 253 g/mol. The van der Waals surface area contributed by atoms with E-state index in [1.807, 2.05) is 0 Å². The maximum atomic E-state index is 6.66. The maximum Gasteiger partial charge on any atom is 0.0835 e. The minimum atomic E-state index is 0.0121. The highest BCUT2D eigenvalue weighted by Gasteiger charge is 2.42. The molecule has 0 amide bonds. The van der Waals surface area contributed by atoms with E-state index in [0.29, 0.717) is 5.92 Å². The molecule has 2 fully saturated rings. The summed E-state index contributed by atoms with van der Waals surface area (Å²) in [6.45, 7) is 5.31. The molecule has 2 rings (SSSR count). The summed E-state index contributed by atoms with van der Waals surface area (Å²) in [7, 11) is 0. The van der Waals surface area contributed by atoms with Gasteiger partial charge in [-0.15, -0.1) is 0 Å². The molecule has 0 radical (unpaired) electrons. The zero-order valence-electron chi connectivity index (χ0n) is 12.3. The minimum Gasteiger partial charge on any atom is -0.374 e. The molecule has 0 bridgehead atoms. The smallest absolute Gasteiger partial charge is 0.0835 e. The molecule has 0 heterocycles. The number of ether oxygens (including phenoxy) is 1. The average Bonchev–Trinajstić information content (AvgIpc) is 2.40. The van der Waals surface area contributed by atoms with Crippen LogP contribution < -0.4 is 5.73 Å². The zero-order valence-corrected chi connectivity index (χ0v) is 12.3. The Morgan fingerprint density at radius 2 is 1.72 bits per heavy atom. The Hall–Kier alpha value is -0.0800. The van der Waals surface area contributed by atoms with Crippen molar-refractivity contribution >= 4 is 0 Å². The molecule has 18 heavy (non-hydrogen) atoms. The fourth-order valence-electron chi connectivity index (χ4n) is 4.09. The molecule has 2 saturated carbocycles. The molecule has 106 valence electrons. The van der Waals surface area contributed by atoms with Gasteiger partial charge in [0.2, 0.25) is 0 Å². The van der Waals surface area contributed by atoms with Crippen LogP contribution in [0.15, 0.2) is 0 Å². The normalized spacial score (nSPS) is 34.2. The summed E-state index contributed by atoms with van der Waals surface area (Å²) in [5.41, 5.74) is 6.68. The van der Waals surface area contributed by atoms with E-state index in [2.05, 4.69) is 13.8 Å². The van der Waals surface area contributed by atoms with Gasteiger partial charge in [0.15, 0.2) is 0 Å². The first-order valence-corrected chi connectivity index (χ1v) is 8.07. The molecule has 0 aromatic rings. The van der Waals surface area contributed by atoms with E-state index in [4.69, 9.17) is 10.5 Å². The summed E-state index contributed by atoms with van der Waals surface area (Å²) >= 11 is 0. The van der Waals surface area contributed by atoms with Gasteiger partial charge in [-0.25, -0.2) is 0 Å². The molecule has 0 spiro atoms. The Morgan fingerprint density at radius 1 is 1.11 bits per heavy atom. The van der Waals surface area contributed by atoms with Crippen molar-refractivity contribution in [1.82, 2.24) is 0 Å². The monoisotopic (exact) mass is 253 g/mol. The van der Waals surface area contributed by atoms with Gasteiger partial charge in [-0.05, 0) is 44.4 Å². The van der Waals surface area contributed by atoms with E-state index < -0.39 is 0 Å². The molecule has 1 unspecified atom stereocenters. The summed E-state index contributed by atoms with van der Waals surface area (Å²) in [5, 5.41) is 0. The van der Waals surface area contributed by atoms with Gasteiger partial charge < -0.3 is 10.5 Å². The highest BCUT2D eigenvalue weighted by molar-refractivity contribution is 4.98. The molecule has 2 nitrogen and oxygen atoms in total. The number of hydrogen-bond acceptors (Lipinski definition) is 2. The van der Waals surface area contributed by atoms with Gasteiger partial charge >= 0.3 is 0 Å². The standard InChI is InChI=1S/C16H31NO/c1-3-18-16(11-5-4-6-12-16)15(17)14-9-7-13(2)8-10-14/h13-15H,3-12,17H2,1-2H3. The van der Waals surface area contributed by atoms with Crippen LogP contribution in [-0.4, -0.2) is 18.2 Å². The molecule has 0 aromatic heterocycles. The Morgan fingerprint density at radius 3 is 2.28 bits per heavy atom. The summed E-state index contributed by atoms with van der Waals surface area (Å²) in [5.74, 6) is 1.61. The van der Waals surface area contributed by atoms with Gasteiger partial charge in [0.05, 0.1) is 5.60 Å². The second-order valence-electron chi connectivity index (χ2n) is 6.60. The first-order valence-electron chi connectivity index (χ1n) is 8.07. The molecule has 2 N–H and O–H groups in total. The lowest BCUT2D eigenvalue weighted by Gasteiger charge is -2.46. The van der Waals surface area contributed by atoms with Gasteiger partial charge in [-0.3, -0.25) is 0 Å². The number of nitrogens with two attached hydrogens (primary N) is 1.